The molecule has 1 atom stereocenters. The van der Waals surface area contributed by atoms with Crippen LogP contribution in [-0.2, 0) is 6.42 Å². The zero-order valence-electron chi connectivity index (χ0n) is 15.0. The number of carbonyl (C=O) groups excluding carboxylic acids is 1. The number of hydrogen-bond acceptors (Lipinski definition) is 3. The van der Waals surface area contributed by atoms with Crippen LogP contribution in [0.4, 0.5) is 0 Å². The van der Waals surface area contributed by atoms with E-state index in [1.165, 1.54) is 5.56 Å². The molecule has 3 heterocycles. The molecule has 0 radical (unpaired) electrons. The molecule has 140 valence electrons. The molecule has 1 aromatic carbocycles. The Morgan fingerprint density at radius 1 is 1.21 bits per heavy atom. The molecule has 0 aliphatic heterocycles. The van der Waals surface area contributed by atoms with Crippen LogP contribution in [0.25, 0.3) is 22.2 Å². The van der Waals surface area contributed by atoms with Gasteiger partial charge in [-0.15, -0.1) is 0 Å². The molecule has 0 bridgehead atoms. The number of aromatic nitrogens is 4. The molecule has 1 aliphatic carbocycles. The molecule has 28 heavy (non-hydrogen) atoms. The van der Waals surface area contributed by atoms with Crippen molar-refractivity contribution in [1.82, 2.24) is 25.5 Å². The van der Waals surface area contributed by atoms with Gasteiger partial charge in [0.2, 0.25) is 0 Å². The number of rotatable bonds is 3. The van der Waals surface area contributed by atoms with E-state index < -0.39 is 0 Å². The van der Waals surface area contributed by atoms with Crippen molar-refractivity contribution in [3.05, 3.63) is 70.8 Å². The fourth-order valence-corrected chi connectivity index (χ4v) is 4.16. The quantitative estimate of drug-likeness (QED) is 0.483. The molecule has 3 N–H and O–H groups in total. The van der Waals surface area contributed by atoms with Gasteiger partial charge in [-0.3, -0.25) is 14.9 Å². The van der Waals surface area contributed by atoms with Crippen molar-refractivity contribution in [2.75, 3.05) is 0 Å². The SMILES string of the molecule is O=C(N[C@H]1CCCc2c1[nH]c1c(Cl)cccc21)c1cc(-c2ccncc2)n[nH]1. The maximum atomic E-state index is 12.8. The molecular formula is C21H18ClN5O. The lowest BCUT2D eigenvalue weighted by Gasteiger charge is -2.23. The molecule has 6 nitrogen and oxygen atoms in total. The van der Waals surface area contributed by atoms with E-state index in [1.54, 1.807) is 18.5 Å². The maximum absolute atomic E-state index is 12.8. The number of H-pyrrole nitrogens is 2. The Bertz CT molecular complexity index is 1160. The van der Waals surface area contributed by atoms with Crippen LogP contribution in [-0.4, -0.2) is 26.1 Å². The van der Waals surface area contributed by atoms with Crippen molar-refractivity contribution < 1.29 is 4.79 Å². The molecule has 0 fully saturated rings. The van der Waals surface area contributed by atoms with Crippen LogP contribution in [0, 0.1) is 0 Å². The van der Waals surface area contributed by atoms with E-state index in [2.05, 4.69) is 31.5 Å². The minimum atomic E-state index is -0.171. The van der Waals surface area contributed by atoms with E-state index in [-0.39, 0.29) is 11.9 Å². The van der Waals surface area contributed by atoms with Gasteiger partial charge in [-0.1, -0.05) is 23.7 Å². The minimum absolute atomic E-state index is 0.0765. The van der Waals surface area contributed by atoms with Crippen LogP contribution < -0.4 is 5.32 Å². The summed E-state index contributed by atoms with van der Waals surface area (Å²) in [6.45, 7) is 0. The third-order valence-corrected chi connectivity index (χ3v) is 5.61. The first kappa shape index (κ1) is 17.0. The lowest BCUT2D eigenvalue weighted by molar-refractivity contribution is 0.0927. The van der Waals surface area contributed by atoms with Crippen LogP contribution in [0.1, 0.15) is 40.6 Å². The van der Waals surface area contributed by atoms with Crippen LogP contribution in [0.5, 0.6) is 0 Å². The summed E-state index contributed by atoms with van der Waals surface area (Å²) in [6.07, 6.45) is 6.29. The molecular weight excluding hydrogens is 374 g/mol. The number of halogens is 1. The summed E-state index contributed by atoms with van der Waals surface area (Å²) in [6, 6.07) is 11.3. The van der Waals surface area contributed by atoms with E-state index in [4.69, 9.17) is 11.6 Å². The first-order valence-corrected chi connectivity index (χ1v) is 9.64. The number of aromatic amines is 2. The normalized spacial score (nSPS) is 16.1. The van der Waals surface area contributed by atoms with Gasteiger partial charge < -0.3 is 10.3 Å². The van der Waals surface area contributed by atoms with E-state index >= 15 is 0 Å². The fraction of sp³-hybridized carbons (Fsp3) is 0.190. The van der Waals surface area contributed by atoms with E-state index in [9.17, 15) is 4.79 Å². The number of aryl methyl sites for hydroxylation is 1. The van der Waals surface area contributed by atoms with Gasteiger partial charge in [-0.05, 0) is 49.1 Å². The van der Waals surface area contributed by atoms with E-state index in [0.717, 1.165) is 41.4 Å². The van der Waals surface area contributed by atoms with Gasteiger partial charge in [-0.25, -0.2) is 0 Å². The second kappa shape index (κ2) is 6.80. The molecule has 0 saturated heterocycles. The van der Waals surface area contributed by atoms with Gasteiger partial charge in [0, 0.05) is 29.0 Å². The Balaban J connectivity index is 1.42. The number of amides is 1. The molecule has 5 rings (SSSR count). The third kappa shape index (κ3) is 2.86. The topological polar surface area (TPSA) is 86.5 Å². The van der Waals surface area contributed by atoms with Crippen LogP contribution >= 0.6 is 11.6 Å². The minimum Gasteiger partial charge on any atom is -0.355 e. The lowest BCUT2D eigenvalue weighted by atomic mass is 9.91. The van der Waals surface area contributed by atoms with Crippen molar-refractivity contribution in [2.24, 2.45) is 0 Å². The standard InChI is InChI=1S/C21H18ClN5O/c22-15-5-1-3-13-14-4-2-6-16(20(14)25-19(13)15)24-21(28)18-11-17(26-27-18)12-7-9-23-10-8-12/h1,3,5,7-11,16,25H,2,4,6H2,(H,24,28)(H,26,27)/t16-/m0/s1. The fourth-order valence-electron chi connectivity index (χ4n) is 3.94. The Morgan fingerprint density at radius 2 is 2.07 bits per heavy atom. The predicted molar refractivity (Wildman–Crippen MR) is 108 cm³/mol. The van der Waals surface area contributed by atoms with Crippen LogP contribution in [0.3, 0.4) is 0 Å². The molecule has 0 unspecified atom stereocenters. The van der Waals surface area contributed by atoms with Gasteiger partial charge in [-0.2, -0.15) is 5.10 Å². The first-order valence-electron chi connectivity index (χ1n) is 9.26. The highest BCUT2D eigenvalue weighted by Gasteiger charge is 2.27. The monoisotopic (exact) mass is 391 g/mol. The average Bonchev–Trinajstić information content (AvgIpc) is 3.35. The largest absolute Gasteiger partial charge is 0.355 e. The smallest absolute Gasteiger partial charge is 0.269 e. The Labute approximate surface area is 166 Å². The summed E-state index contributed by atoms with van der Waals surface area (Å²) in [5, 5.41) is 12.1. The number of fused-ring (bicyclic) bond motifs is 3. The zero-order valence-corrected chi connectivity index (χ0v) is 15.8. The molecule has 0 saturated carbocycles. The summed E-state index contributed by atoms with van der Waals surface area (Å²) in [5.41, 5.74) is 5.31. The van der Waals surface area contributed by atoms with Crippen LogP contribution in [0.15, 0.2) is 48.8 Å². The second-order valence-corrected chi connectivity index (χ2v) is 7.41. The molecule has 1 aliphatic rings. The molecule has 7 heteroatoms. The number of pyridine rings is 1. The van der Waals surface area contributed by atoms with Crippen LogP contribution in [0.2, 0.25) is 5.02 Å². The highest BCUT2D eigenvalue weighted by Crippen LogP contribution is 2.37. The van der Waals surface area contributed by atoms with Crippen molar-refractivity contribution in [3.63, 3.8) is 0 Å². The van der Waals surface area contributed by atoms with E-state index in [0.29, 0.717) is 16.4 Å². The molecule has 0 spiro atoms. The molecule has 4 aromatic rings. The lowest BCUT2D eigenvalue weighted by Crippen LogP contribution is -2.31. The summed E-state index contributed by atoms with van der Waals surface area (Å²) < 4.78 is 0. The number of para-hydroxylation sites is 1. The number of hydrogen-bond donors (Lipinski definition) is 3. The van der Waals surface area contributed by atoms with Crippen molar-refractivity contribution >= 4 is 28.4 Å². The highest BCUT2D eigenvalue weighted by molar-refractivity contribution is 6.35. The predicted octanol–water partition coefficient (Wildman–Crippen LogP) is 4.41. The maximum Gasteiger partial charge on any atom is 0.269 e. The Kier molecular flexibility index (Phi) is 4.13. The Morgan fingerprint density at radius 3 is 2.93 bits per heavy atom. The number of carbonyl (C=O) groups is 1. The first-order chi connectivity index (χ1) is 13.7. The summed E-state index contributed by atoms with van der Waals surface area (Å²) in [5.74, 6) is -0.171. The van der Waals surface area contributed by atoms with Gasteiger partial charge in [0.05, 0.1) is 22.3 Å². The highest BCUT2D eigenvalue weighted by atomic mass is 35.5. The summed E-state index contributed by atoms with van der Waals surface area (Å²) in [4.78, 5) is 20.3. The van der Waals surface area contributed by atoms with Gasteiger partial charge in [0.25, 0.3) is 5.91 Å². The van der Waals surface area contributed by atoms with Crippen molar-refractivity contribution in [3.8, 4) is 11.3 Å². The van der Waals surface area contributed by atoms with Crippen molar-refractivity contribution in [2.45, 2.75) is 25.3 Å². The molecule has 3 aromatic heterocycles. The third-order valence-electron chi connectivity index (χ3n) is 5.30. The van der Waals surface area contributed by atoms with Gasteiger partial charge in [0.15, 0.2) is 0 Å². The van der Waals surface area contributed by atoms with Crippen molar-refractivity contribution in [1.29, 1.82) is 0 Å². The van der Waals surface area contributed by atoms with Gasteiger partial charge >= 0.3 is 0 Å². The number of nitrogens with one attached hydrogen (secondary N) is 3. The average molecular weight is 392 g/mol. The second-order valence-electron chi connectivity index (χ2n) is 7.00. The van der Waals surface area contributed by atoms with E-state index in [1.807, 2.05) is 24.3 Å². The molecule has 1 amide bonds. The number of benzene rings is 1. The number of nitrogens with zero attached hydrogens (tertiary/aromatic N) is 2. The Hall–Kier alpha value is -3.12. The summed E-state index contributed by atoms with van der Waals surface area (Å²) >= 11 is 6.35. The zero-order chi connectivity index (χ0) is 19.1. The van der Waals surface area contributed by atoms with Gasteiger partial charge in [0.1, 0.15) is 5.69 Å². The summed E-state index contributed by atoms with van der Waals surface area (Å²) in [7, 11) is 0.